The summed E-state index contributed by atoms with van der Waals surface area (Å²) in [5.41, 5.74) is 1.98. The van der Waals surface area contributed by atoms with Crippen molar-refractivity contribution < 1.29 is 4.79 Å². The zero-order chi connectivity index (χ0) is 14.5. The van der Waals surface area contributed by atoms with Crippen LogP contribution in [0.2, 0.25) is 0 Å². The number of hydrogen-bond acceptors (Lipinski definition) is 2. The molecule has 0 saturated heterocycles. The lowest BCUT2D eigenvalue weighted by Crippen LogP contribution is -1.99. The van der Waals surface area contributed by atoms with Gasteiger partial charge in [0.1, 0.15) is 0 Å². The number of thioether (sulfide) groups is 1. The van der Waals surface area contributed by atoms with Crippen molar-refractivity contribution >= 4 is 28.4 Å². The third-order valence-electron chi connectivity index (χ3n) is 3.41. The Morgan fingerprint density at radius 1 is 1.00 bits per heavy atom. The van der Waals surface area contributed by atoms with Crippen LogP contribution < -0.4 is 0 Å². The van der Waals surface area contributed by atoms with Gasteiger partial charge >= 0.3 is 0 Å². The maximum atomic E-state index is 12.0. The first-order chi connectivity index (χ1) is 10.3. The van der Waals surface area contributed by atoms with Crippen LogP contribution in [0.1, 0.15) is 23.2 Å². The van der Waals surface area contributed by atoms with Crippen molar-refractivity contribution in [1.29, 1.82) is 0 Å². The lowest BCUT2D eigenvalue weighted by Gasteiger charge is -2.00. The van der Waals surface area contributed by atoms with E-state index in [1.165, 1.54) is 15.9 Å². The second-order valence-electron chi connectivity index (χ2n) is 4.96. The predicted molar refractivity (Wildman–Crippen MR) is 89.0 cm³/mol. The number of aromatic nitrogens is 1. The highest BCUT2D eigenvalue weighted by atomic mass is 32.2. The number of rotatable bonds is 6. The lowest BCUT2D eigenvalue weighted by atomic mass is 10.1. The summed E-state index contributed by atoms with van der Waals surface area (Å²) in [7, 11) is 0. The Bertz CT molecular complexity index is 700. The van der Waals surface area contributed by atoms with Crippen LogP contribution in [0.5, 0.6) is 0 Å². The van der Waals surface area contributed by atoms with Gasteiger partial charge < -0.3 is 4.98 Å². The molecule has 3 rings (SSSR count). The van der Waals surface area contributed by atoms with Gasteiger partial charge in [0.05, 0.1) is 5.03 Å². The van der Waals surface area contributed by atoms with Gasteiger partial charge in [-0.05, 0) is 24.3 Å². The highest BCUT2D eigenvalue weighted by molar-refractivity contribution is 7.99. The smallest absolute Gasteiger partial charge is 0.162 e. The monoisotopic (exact) mass is 295 g/mol. The van der Waals surface area contributed by atoms with Gasteiger partial charge in [0.15, 0.2) is 5.78 Å². The summed E-state index contributed by atoms with van der Waals surface area (Å²) in [5.74, 6) is 1.18. The van der Waals surface area contributed by atoms with Crippen molar-refractivity contribution in [3.05, 3.63) is 66.2 Å². The predicted octanol–water partition coefficient (Wildman–Crippen LogP) is 4.92. The standard InChI is InChI=1S/C18H17NOS/c20-17(14-7-2-1-3-8-14)11-6-12-21-18-13-15-9-4-5-10-16(15)19-18/h1-5,7-10,13,19H,6,11-12H2. The van der Waals surface area contributed by atoms with E-state index in [1.54, 1.807) is 11.8 Å². The van der Waals surface area contributed by atoms with Gasteiger partial charge in [-0.2, -0.15) is 0 Å². The minimum absolute atomic E-state index is 0.229. The molecule has 2 nitrogen and oxygen atoms in total. The van der Waals surface area contributed by atoms with Crippen LogP contribution in [0.4, 0.5) is 0 Å². The highest BCUT2D eigenvalue weighted by Gasteiger charge is 2.05. The SMILES string of the molecule is O=C(CCCSc1cc2ccccc2[nH]1)c1ccccc1. The number of H-pyrrole nitrogens is 1. The Hall–Kier alpha value is -2.00. The minimum atomic E-state index is 0.229. The van der Waals surface area contributed by atoms with Crippen molar-refractivity contribution in [3.8, 4) is 0 Å². The van der Waals surface area contributed by atoms with E-state index in [9.17, 15) is 4.79 Å². The van der Waals surface area contributed by atoms with Crippen LogP contribution >= 0.6 is 11.8 Å². The number of benzene rings is 2. The number of nitrogens with one attached hydrogen (secondary N) is 1. The molecule has 0 aliphatic rings. The van der Waals surface area contributed by atoms with Gasteiger partial charge in [-0.15, -0.1) is 11.8 Å². The highest BCUT2D eigenvalue weighted by Crippen LogP contribution is 2.24. The van der Waals surface area contributed by atoms with E-state index in [0.717, 1.165) is 17.7 Å². The summed E-state index contributed by atoms with van der Waals surface area (Å²) in [4.78, 5) is 15.4. The second kappa shape index (κ2) is 6.64. The Balaban J connectivity index is 1.49. The fourth-order valence-corrected chi connectivity index (χ4v) is 3.21. The molecule has 0 bridgehead atoms. The number of hydrogen-bond donors (Lipinski definition) is 1. The minimum Gasteiger partial charge on any atom is -0.350 e. The molecular weight excluding hydrogens is 278 g/mol. The Kier molecular flexibility index (Phi) is 4.41. The molecule has 0 unspecified atom stereocenters. The van der Waals surface area contributed by atoms with Crippen LogP contribution in [-0.2, 0) is 0 Å². The van der Waals surface area contributed by atoms with Crippen molar-refractivity contribution in [2.75, 3.05) is 5.75 Å². The normalized spacial score (nSPS) is 10.9. The summed E-state index contributed by atoms with van der Waals surface area (Å²) in [5, 5.41) is 2.41. The van der Waals surface area contributed by atoms with E-state index >= 15 is 0 Å². The molecule has 3 heteroatoms. The lowest BCUT2D eigenvalue weighted by molar-refractivity contribution is 0.0982. The zero-order valence-electron chi connectivity index (χ0n) is 11.7. The van der Waals surface area contributed by atoms with Crippen molar-refractivity contribution in [2.45, 2.75) is 17.9 Å². The van der Waals surface area contributed by atoms with Crippen molar-refractivity contribution in [3.63, 3.8) is 0 Å². The molecule has 0 aliphatic carbocycles. The van der Waals surface area contributed by atoms with E-state index in [4.69, 9.17) is 0 Å². The number of Topliss-reactive ketones (excluding diaryl/α,β-unsaturated/α-hetero) is 1. The summed E-state index contributed by atoms with van der Waals surface area (Å²) >= 11 is 1.78. The van der Waals surface area contributed by atoms with Crippen LogP contribution in [0, 0.1) is 0 Å². The molecule has 0 aliphatic heterocycles. The maximum absolute atomic E-state index is 12.0. The average Bonchev–Trinajstić information content (AvgIpc) is 2.95. The average molecular weight is 295 g/mol. The molecule has 21 heavy (non-hydrogen) atoms. The zero-order valence-corrected chi connectivity index (χ0v) is 12.5. The number of fused-ring (bicyclic) bond motifs is 1. The topological polar surface area (TPSA) is 32.9 Å². The van der Waals surface area contributed by atoms with Gasteiger partial charge in [0.2, 0.25) is 0 Å². The molecular formula is C18H17NOS. The number of carbonyl (C=O) groups excluding carboxylic acids is 1. The van der Waals surface area contributed by atoms with E-state index in [2.05, 4.69) is 23.2 Å². The molecule has 0 saturated carbocycles. The van der Waals surface area contributed by atoms with E-state index in [0.29, 0.717) is 6.42 Å². The molecule has 106 valence electrons. The number of carbonyl (C=O) groups is 1. The molecule has 1 N–H and O–H groups in total. The molecule has 1 heterocycles. The molecule has 0 fully saturated rings. The fraction of sp³-hybridized carbons (Fsp3) is 0.167. The Morgan fingerprint density at radius 3 is 2.57 bits per heavy atom. The van der Waals surface area contributed by atoms with Crippen molar-refractivity contribution in [1.82, 2.24) is 4.98 Å². The van der Waals surface area contributed by atoms with Crippen LogP contribution in [-0.4, -0.2) is 16.5 Å². The Labute approximate surface area is 128 Å². The summed E-state index contributed by atoms with van der Waals surface area (Å²) in [6.07, 6.45) is 1.50. The molecule has 0 atom stereocenters. The van der Waals surface area contributed by atoms with E-state index in [1.807, 2.05) is 42.5 Å². The first kappa shape index (κ1) is 14.0. The largest absolute Gasteiger partial charge is 0.350 e. The quantitative estimate of drug-likeness (QED) is 0.397. The van der Waals surface area contributed by atoms with Gasteiger partial charge in [-0.1, -0.05) is 48.5 Å². The van der Waals surface area contributed by atoms with Crippen molar-refractivity contribution in [2.24, 2.45) is 0 Å². The summed E-state index contributed by atoms with van der Waals surface area (Å²) < 4.78 is 0. The third-order valence-corrected chi connectivity index (χ3v) is 4.43. The first-order valence-electron chi connectivity index (χ1n) is 7.12. The molecule has 3 aromatic rings. The maximum Gasteiger partial charge on any atom is 0.162 e. The molecule has 0 amide bonds. The first-order valence-corrected chi connectivity index (χ1v) is 8.10. The summed E-state index contributed by atoms with van der Waals surface area (Å²) in [6, 6.07) is 19.9. The Morgan fingerprint density at radius 2 is 1.76 bits per heavy atom. The van der Waals surface area contributed by atoms with Gasteiger partial charge in [-0.25, -0.2) is 0 Å². The van der Waals surface area contributed by atoms with Crippen LogP contribution in [0.25, 0.3) is 10.9 Å². The van der Waals surface area contributed by atoms with Crippen LogP contribution in [0.15, 0.2) is 65.7 Å². The van der Waals surface area contributed by atoms with Gasteiger partial charge in [0, 0.05) is 22.9 Å². The molecule has 1 aromatic heterocycles. The second-order valence-corrected chi connectivity index (χ2v) is 6.10. The number of ketones is 1. The molecule has 0 radical (unpaired) electrons. The van der Waals surface area contributed by atoms with Gasteiger partial charge in [-0.3, -0.25) is 4.79 Å². The third kappa shape index (κ3) is 3.56. The summed E-state index contributed by atoms with van der Waals surface area (Å²) in [6.45, 7) is 0. The fourth-order valence-electron chi connectivity index (χ4n) is 2.31. The number of aromatic amines is 1. The van der Waals surface area contributed by atoms with E-state index < -0.39 is 0 Å². The molecule has 2 aromatic carbocycles. The molecule has 0 spiro atoms. The van der Waals surface area contributed by atoms with E-state index in [-0.39, 0.29) is 5.78 Å². The number of para-hydroxylation sites is 1. The van der Waals surface area contributed by atoms with Gasteiger partial charge in [0.25, 0.3) is 0 Å². The van der Waals surface area contributed by atoms with Crippen LogP contribution in [0.3, 0.4) is 0 Å².